The predicted molar refractivity (Wildman–Crippen MR) is 91.5 cm³/mol. The van der Waals surface area contributed by atoms with E-state index in [1.165, 1.54) is 19.3 Å². The van der Waals surface area contributed by atoms with Crippen molar-refractivity contribution in [1.82, 2.24) is 14.9 Å². The molecule has 0 aromatic carbocycles. The van der Waals surface area contributed by atoms with E-state index < -0.39 is 40.9 Å². The summed E-state index contributed by atoms with van der Waals surface area (Å²) in [5, 5.41) is 21.6. The van der Waals surface area contributed by atoms with E-state index in [0.717, 1.165) is 4.57 Å². The van der Waals surface area contributed by atoms with E-state index in [4.69, 9.17) is 10.00 Å². The molecule has 0 radical (unpaired) electrons. The molecule has 2 N–H and O–H groups in total. The van der Waals surface area contributed by atoms with Gasteiger partial charge in [-0.3, -0.25) is 19.0 Å². The molecule has 0 atom stereocenters. The summed E-state index contributed by atoms with van der Waals surface area (Å²) in [6.07, 6.45) is 1.25. The van der Waals surface area contributed by atoms with Crippen LogP contribution in [0.3, 0.4) is 0 Å². The second-order valence-electron chi connectivity index (χ2n) is 6.56. The molecule has 0 aliphatic rings. The molecule has 136 valence electrons. The fraction of sp³-hybridized carbons (Fsp3) is 0.353. The molecule has 0 bridgehead atoms. The third kappa shape index (κ3) is 3.80. The number of amides is 1. The lowest BCUT2D eigenvalue weighted by atomic mass is 10.1. The minimum absolute atomic E-state index is 0.0774. The van der Waals surface area contributed by atoms with Crippen LogP contribution in [0.15, 0.2) is 17.1 Å². The Labute approximate surface area is 148 Å². The van der Waals surface area contributed by atoms with Crippen LogP contribution in [0.1, 0.15) is 36.7 Å². The zero-order valence-corrected chi connectivity index (χ0v) is 14.8. The first-order chi connectivity index (χ1) is 12.0. The molecule has 26 heavy (non-hydrogen) atoms. The van der Waals surface area contributed by atoms with Crippen molar-refractivity contribution in [3.63, 3.8) is 0 Å². The molecule has 0 spiro atoms. The average Bonchev–Trinajstić information content (AvgIpc) is 2.56. The van der Waals surface area contributed by atoms with Gasteiger partial charge in [-0.15, -0.1) is 0 Å². The van der Waals surface area contributed by atoms with Gasteiger partial charge < -0.3 is 15.2 Å². The molecule has 0 aliphatic heterocycles. The minimum atomic E-state index is -0.932. The number of ether oxygens (including phenoxy) is 1. The second kappa shape index (κ2) is 6.84. The Morgan fingerprint density at radius 2 is 2.08 bits per heavy atom. The second-order valence-corrected chi connectivity index (χ2v) is 6.56. The highest BCUT2D eigenvalue weighted by Crippen LogP contribution is 2.25. The molecular weight excluding hydrogens is 340 g/mol. The number of carbonyl (C=O) groups excluding carboxylic acids is 2. The van der Waals surface area contributed by atoms with Gasteiger partial charge in [-0.1, -0.05) is 0 Å². The molecule has 2 aromatic heterocycles. The molecule has 0 fully saturated rings. The quantitative estimate of drug-likeness (QED) is 0.766. The highest BCUT2D eigenvalue weighted by Gasteiger charge is 2.23. The van der Waals surface area contributed by atoms with Gasteiger partial charge in [0.2, 0.25) is 0 Å². The number of aromatic hydroxyl groups is 1. The number of carbonyl (C=O) groups is 2. The van der Waals surface area contributed by atoms with Crippen LogP contribution < -0.4 is 10.9 Å². The smallest absolute Gasteiger partial charge is 0.325 e. The molecule has 0 saturated heterocycles. The van der Waals surface area contributed by atoms with Gasteiger partial charge in [0.15, 0.2) is 0 Å². The predicted octanol–water partition coefficient (Wildman–Crippen LogP) is 0.582. The largest absolute Gasteiger partial charge is 0.506 e. The summed E-state index contributed by atoms with van der Waals surface area (Å²) in [5.41, 5.74) is -1.77. The molecule has 1 amide bonds. The van der Waals surface area contributed by atoms with Gasteiger partial charge in [0.25, 0.3) is 11.5 Å². The number of hydrogen-bond acceptors (Lipinski definition) is 7. The van der Waals surface area contributed by atoms with Crippen molar-refractivity contribution in [2.24, 2.45) is 7.05 Å². The van der Waals surface area contributed by atoms with Crippen LogP contribution in [0.25, 0.3) is 11.0 Å². The Morgan fingerprint density at radius 1 is 1.42 bits per heavy atom. The van der Waals surface area contributed by atoms with Crippen LogP contribution in [0.2, 0.25) is 0 Å². The molecule has 9 nitrogen and oxygen atoms in total. The molecule has 2 rings (SSSR count). The lowest BCUT2D eigenvalue weighted by molar-refractivity contribution is -0.153. The fourth-order valence-electron chi connectivity index (χ4n) is 2.28. The number of hydrogen-bond donors (Lipinski definition) is 2. The van der Waals surface area contributed by atoms with Gasteiger partial charge in [0.1, 0.15) is 35.2 Å². The normalized spacial score (nSPS) is 11.0. The first-order valence-corrected chi connectivity index (χ1v) is 7.67. The third-order valence-corrected chi connectivity index (χ3v) is 3.36. The van der Waals surface area contributed by atoms with Crippen LogP contribution in [-0.2, 0) is 16.6 Å². The van der Waals surface area contributed by atoms with Crippen molar-refractivity contribution in [2.75, 3.05) is 6.54 Å². The minimum Gasteiger partial charge on any atom is -0.506 e. The zero-order chi connectivity index (χ0) is 19.6. The molecule has 0 aliphatic carbocycles. The lowest BCUT2D eigenvalue weighted by Crippen LogP contribution is -2.37. The van der Waals surface area contributed by atoms with E-state index in [1.807, 2.05) is 6.07 Å². The topological polar surface area (TPSA) is 134 Å². The van der Waals surface area contributed by atoms with E-state index >= 15 is 0 Å². The molecule has 2 aromatic rings. The van der Waals surface area contributed by atoms with E-state index in [2.05, 4.69) is 10.3 Å². The van der Waals surface area contributed by atoms with Crippen molar-refractivity contribution in [2.45, 2.75) is 26.4 Å². The zero-order valence-electron chi connectivity index (χ0n) is 14.8. The number of esters is 1. The fourth-order valence-corrected chi connectivity index (χ4v) is 2.28. The average molecular weight is 358 g/mol. The summed E-state index contributed by atoms with van der Waals surface area (Å²) in [6, 6.07) is 3.19. The van der Waals surface area contributed by atoms with Crippen molar-refractivity contribution < 1.29 is 19.4 Å². The first-order valence-electron chi connectivity index (χ1n) is 7.67. The van der Waals surface area contributed by atoms with Gasteiger partial charge in [0.05, 0.1) is 10.9 Å². The van der Waals surface area contributed by atoms with Gasteiger partial charge in [-0.05, 0) is 26.8 Å². The van der Waals surface area contributed by atoms with Crippen molar-refractivity contribution in [3.05, 3.63) is 33.7 Å². The maximum Gasteiger partial charge on any atom is 0.325 e. The first kappa shape index (κ1) is 18.9. The summed E-state index contributed by atoms with van der Waals surface area (Å²) in [7, 11) is 1.38. The van der Waals surface area contributed by atoms with Crippen LogP contribution in [0, 0.1) is 11.3 Å². The summed E-state index contributed by atoms with van der Waals surface area (Å²) in [4.78, 5) is 40.4. The molecule has 0 saturated carbocycles. The number of aryl methyl sites for hydroxylation is 1. The number of nitrogens with zero attached hydrogens (tertiary/aromatic N) is 3. The number of nitrogens with one attached hydrogen (secondary N) is 1. The third-order valence-electron chi connectivity index (χ3n) is 3.36. The monoisotopic (exact) mass is 358 g/mol. The molecule has 2 heterocycles. The van der Waals surface area contributed by atoms with E-state index in [0.29, 0.717) is 0 Å². The highest BCUT2D eigenvalue weighted by molar-refractivity contribution is 6.02. The maximum absolute atomic E-state index is 12.4. The Morgan fingerprint density at radius 3 is 2.65 bits per heavy atom. The van der Waals surface area contributed by atoms with Crippen LogP contribution in [0.4, 0.5) is 0 Å². The number of rotatable bonds is 3. The van der Waals surface area contributed by atoms with Gasteiger partial charge in [-0.2, -0.15) is 5.26 Å². The number of fused-ring (bicyclic) bond motifs is 1. The highest BCUT2D eigenvalue weighted by atomic mass is 16.6. The molecular formula is C17H18N4O5. The van der Waals surface area contributed by atoms with Gasteiger partial charge in [0, 0.05) is 13.2 Å². The van der Waals surface area contributed by atoms with Crippen molar-refractivity contribution in [3.8, 4) is 11.8 Å². The Balaban J connectivity index is 2.40. The Bertz CT molecular complexity index is 995. The summed E-state index contributed by atoms with van der Waals surface area (Å²) in [6.45, 7) is 4.57. The number of pyridine rings is 2. The van der Waals surface area contributed by atoms with Crippen molar-refractivity contribution >= 4 is 22.9 Å². The van der Waals surface area contributed by atoms with Crippen LogP contribution in [-0.4, -0.2) is 38.7 Å². The number of aromatic nitrogens is 2. The standard InChI is InChI=1S/C17H18N4O5/c1-17(2,3)26-11(22)8-20-15(24)12-13(23)10-5-9(6-18)7-19-14(10)21(4)16(12)25/h5,7,23H,8H2,1-4H3,(H,20,24). The summed E-state index contributed by atoms with van der Waals surface area (Å²) in [5.74, 6) is -2.22. The molecule has 0 unspecified atom stereocenters. The molecule has 9 heteroatoms. The summed E-state index contributed by atoms with van der Waals surface area (Å²) >= 11 is 0. The van der Waals surface area contributed by atoms with E-state index in [1.54, 1.807) is 20.8 Å². The summed E-state index contributed by atoms with van der Waals surface area (Å²) < 4.78 is 6.15. The van der Waals surface area contributed by atoms with Gasteiger partial charge in [-0.25, -0.2) is 4.98 Å². The number of nitriles is 1. The van der Waals surface area contributed by atoms with Crippen LogP contribution in [0.5, 0.6) is 5.75 Å². The van der Waals surface area contributed by atoms with Gasteiger partial charge >= 0.3 is 5.97 Å². The van der Waals surface area contributed by atoms with Crippen molar-refractivity contribution in [1.29, 1.82) is 5.26 Å². The maximum atomic E-state index is 12.4. The Kier molecular flexibility index (Phi) is 4.98. The van der Waals surface area contributed by atoms with Crippen LogP contribution >= 0.6 is 0 Å². The van der Waals surface area contributed by atoms with E-state index in [-0.39, 0.29) is 16.6 Å². The van der Waals surface area contributed by atoms with E-state index in [9.17, 15) is 19.5 Å². The lowest BCUT2D eigenvalue weighted by Gasteiger charge is -2.19. The SMILES string of the molecule is Cn1c(=O)c(C(=O)NCC(=O)OC(C)(C)C)c(O)c2cc(C#N)cnc21. The Hall–Kier alpha value is -3.41.